The molecule has 0 saturated carbocycles. The molecule has 2 unspecified atom stereocenters. The summed E-state index contributed by atoms with van der Waals surface area (Å²) in [5.41, 5.74) is 1.31. The summed E-state index contributed by atoms with van der Waals surface area (Å²) in [7, 11) is 1.97. The number of aliphatic imine (C=N–C) groups is 1. The molecule has 0 radical (unpaired) electrons. The van der Waals surface area contributed by atoms with Crippen molar-refractivity contribution >= 4 is 29.9 Å². The van der Waals surface area contributed by atoms with E-state index in [9.17, 15) is 0 Å². The molecule has 8 nitrogen and oxygen atoms in total. The number of likely N-dealkylation sites (N-methyl/N-ethyl adjacent to an activating group) is 1. The lowest BCUT2D eigenvalue weighted by molar-refractivity contribution is 0.113. The Labute approximate surface area is 209 Å². The third kappa shape index (κ3) is 7.41. The van der Waals surface area contributed by atoms with Crippen LogP contribution < -0.4 is 10.6 Å². The summed E-state index contributed by atoms with van der Waals surface area (Å²) in [4.78, 5) is 7.27. The molecular formula is C23H38IN7O. The summed E-state index contributed by atoms with van der Waals surface area (Å²) in [6.07, 6.45) is 2.47. The lowest BCUT2D eigenvalue weighted by Gasteiger charge is -2.31. The van der Waals surface area contributed by atoms with E-state index in [-0.39, 0.29) is 36.1 Å². The van der Waals surface area contributed by atoms with Crippen molar-refractivity contribution in [2.45, 2.75) is 52.3 Å². The minimum atomic E-state index is 0. The number of halogens is 1. The zero-order valence-corrected chi connectivity index (χ0v) is 22.1. The molecule has 178 valence electrons. The lowest BCUT2D eigenvalue weighted by Crippen LogP contribution is -2.45. The predicted molar refractivity (Wildman–Crippen MR) is 139 cm³/mol. The summed E-state index contributed by atoms with van der Waals surface area (Å²) in [6, 6.07) is 10.9. The van der Waals surface area contributed by atoms with E-state index < -0.39 is 0 Å². The second kappa shape index (κ2) is 13.7. The largest absolute Gasteiger partial charge is 0.376 e. The number of rotatable bonds is 10. The minimum absolute atomic E-state index is 0. The third-order valence-electron chi connectivity index (χ3n) is 5.98. The SMILES string of the molecule is CCN(CC)C(CNC(=NCc1nnc(C)n1C)NCC1CCCO1)c1ccccc1.I. The highest BCUT2D eigenvalue weighted by Gasteiger charge is 2.20. The van der Waals surface area contributed by atoms with Gasteiger partial charge in [0.1, 0.15) is 12.4 Å². The molecule has 1 saturated heterocycles. The molecule has 2 atom stereocenters. The molecular weight excluding hydrogens is 517 g/mol. The Bertz CT molecular complexity index is 817. The Hall–Kier alpha value is -1.72. The smallest absolute Gasteiger partial charge is 0.191 e. The molecule has 0 bridgehead atoms. The van der Waals surface area contributed by atoms with E-state index in [4.69, 9.17) is 9.73 Å². The highest BCUT2D eigenvalue weighted by atomic mass is 127. The van der Waals surface area contributed by atoms with Gasteiger partial charge in [0.05, 0.1) is 12.1 Å². The average Bonchev–Trinajstić information content (AvgIpc) is 3.43. The Kier molecular flexibility index (Phi) is 11.4. The average molecular weight is 556 g/mol. The van der Waals surface area contributed by atoms with Crippen LogP contribution in [-0.4, -0.2) is 64.5 Å². The van der Waals surface area contributed by atoms with Crippen molar-refractivity contribution in [2.24, 2.45) is 12.0 Å². The molecule has 0 amide bonds. The summed E-state index contributed by atoms with van der Waals surface area (Å²) in [5, 5.41) is 15.4. The van der Waals surface area contributed by atoms with Crippen LogP contribution in [-0.2, 0) is 18.3 Å². The number of benzene rings is 1. The maximum atomic E-state index is 5.78. The third-order valence-corrected chi connectivity index (χ3v) is 5.98. The first-order valence-corrected chi connectivity index (χ1v) is 11.4. The fourth-order valence-corrected chi connectivity index (χ4v) is 3.92. The van der Waals surface area contributed by atoms with Crippen LogP contribution in [0.25, 0.3) is 0 Å². The number of nitrogens with zero attached hydrogens (tertiary/aromatic N) is 5. The summed E-state index contributed by atoms with van der Waals surface area (Å²) in [6.45, 7) is 11.2. The van der Waals surface area contributed by atoms with Gasteiger partial charge in [0.25, 0.3) is 0 Å². The van der Waals surface area contributed by atoms with Gasteiger partial charge >= 0.3 is 0 Å². The number of hydrogen-bond donors (Lipinski definition) is 2. The van der Waals surface area contributed by atoms with Gasteiger partial charge in [-0.25, -0.2) is 4.99 Å². The molecule has 1 aromatic heterocycles. The highest BCUT2D eigenvalue weighted by molar-refractivity contribution is 14.0. The van der Waals surface area contributed by atoms with Gasteiger partial charge in [0.2, 0.25) is 0 Å². The van der Waals surface area contributed by atoms with Crippen molar-refractivity contribution in [3.8, 4) is 0 Å². The fraction of sp³-hybridized carbons (Fsp3) is 0.609. The number of guanidine groups is 1. The molecule has 2 heterocycles. The Morgan fingerprint density at radius 3 is 2.56 bits per heavy atom. The van der Waals surface area contributed by atoms with Gasteiger partial charge in [0.15, 0.2) is 11.8 Å². The van der Waals surface area contributed by atoms with Crippen molar-refractivity contribution in [3.05, 3.63) is 47.5 Å². The van der Waals surface area contributed by atoms with Crippen LogP contribution in [0.3, 0.4) is 0 Å². The maximum Gasteiger partial charge on any atom is 0.191 e. The highest BCUT2D eigenvalue weighted by Crippen LogP contribution is 2.19. The quantitative estimate of drug-likeness (QED) is 0.267. The zero-order valence-electron chi connectivity index (χ0n) is 19.8. The van der Waals surface area contributed by atoms with Crippen molar-refractivity contribution in [1.29, 1.82) is 0 Å². The lowest BCUT2D eigenvalue weighted by atomic mass is 10.1. The monoisotopic (exact) mass is 555 g/mol. The standard InChI is InChI=1S/C23H37N7O.HI/c1-5-30(6-2)21(19-11-8-7-9-12-19)16-25-23(24-15-20-13-10-14-31-20)26-17-22-28-27-18(3)29(22)4;/h7-9,11-12,20-21H,5-6,10,13-17H2,1-4H3,(H2,24,25,26);1H. The first-order valence-electron chi connectivity index (χ1n) is 11.4. The van der Waals surface area contributed by atoms with Gasteiger partial charge in [-0.1, -0.05) is 44.2 Å². The van der Waals surface area contributed by atoms with Gasteiger partial charge in [0, 0.05) is 26.7 Å². The molecule has 2 N–H and O–H groups in total. The van der Waals surface area contributed by atoms with Gasteiger partial charge < -0.3 is 19.9 Å². The maximum absolute atomic E-state index is 5.78. The number of hydrogen-bond acceptors (Lipinski definition) is 5. The fourth-order valence-electron chi connectivity index (χ4n) is 3.92. The van der Waals surface area contributed by atoms with Gasteiger partial charge in [-0.3, -0.25) is 4.90 Å². The van der Waals surface area contributed by atoms with Gasteiger partial charge in [-0.05, 0) is 38.4 Å². The summed E-state index contributed by atoms with van der Waals surface area (Å²) < 4.78 is 7.75. The molecule has 1 aromatic carbocycles. The van der Waals surface area contributed by atoms with Gasteiger partial charge in [-0.2, -0.15) is 0 Å². The van der Waals surface area contributed by atoms with E-state index in [0.29, 0.717) is 6.54 Å². The van der Waals surface area contributed by atoms with E-state index in [1.807, 2.05) is 18.5 Å². The molecule has 1 aliphatic rings. The molecule has 1 fully saturated rings. The van der Waals surface area contributed by atoms with E-state index in [1.54, 1.807) is 0 Å². The second-order valence-electron chi connectivity index (χ2n) is 7.93. The normalized spacial score (nSPS) is 17.3. The van der Waals surface area contributed by atoms with E-state index >= 15 is 0 Å². The zero-order chi connectivity index (χ0) is 22.1. The Balaban J connectivity index is 0.00000363. The number of aryl methyl sites for hydroxylation is 1. The first-order chi connectivity index (χ1) is 15.1. The predicted octanol–water partition coefficient (Wildman–Crippen LogP) is 3.04. The van der Waals surface area contributed by atoms with Gasteiger partial charge in [-0.15, -0.1) is 34.2 Å². The molecule has 9 heteroatoms. The van der Waals surface area contributed by atoms with Crippen LogP contribution in [0.15, 0.2) is 35.3 Å². The molecule has 3 rings (SSSR count). The second-order valence-corrected chi connectivity index (χ2v) is 7.93. The number of aromatic nitrogens is 3. The molecule has 32 heavy (non-hydrogen) atoms. The van der Waals surface area contributed by atoms with Crippen LogP contribution in [0.5, 0.6) is 0 Å². The molecule has 1 aliphatic heterocycles. The first kappa shape index (κ1) is 26.5. The van der Waals surface area contributed by atoms with E-state index in [2.05, 4.69) is 69.9 Å². The summed E-state index contributed by atoms with van der Waals surface area (Å²) >= 11 is 0. The van der Waals surface area contributed by atoms with Crippen LogP contribution in [0.2, 0.25) is 0 Å². The van der Waals surface area contributed by atoms with Crippen LogP contribution in [0.1, 0.15) is 49.9 Å². The van der Waals surface area contributed by atoms with Crippen molar-refractivity contribution in [1.82, 2.24) is 30.3 Å². The van der Waals surface area contributed by atoms with Crippen LogP contribution in [0, 0.1) is 6.92 Å². The topological polar surface area (TPSA) is 79.6 Å². The van der Waals surface area contributed by atoms with Crippen LogP contribution >= 0.6 is 24.0 Å². The van der Waals surface area contributed by atoms with E-state index in [1.165, 1.54) is 5.56 Å². The number of ether oxygens (including phenoxy) is 1. The van der Waals surface area contributed by atoms with Crippen molar-refractivity contribution in [2.75, 3.05) is 32.8 Å². The van der Waals surface area contributed by atoms with Crippen molar-refractivity contribution < 1.29 is 4.74 Å². The Morgan fingerprint density at radius 1 is 1.22 bits per heavy atom. The summed E-state index contributed by atoms with van der Waals surface area (Å²) in [5.74, 6) is 2.51. The molecule has 0 aliphatic carbocycles. The van der Waals surface area contributed by atoms with Crippen LogP contribution in [0.4, 0.5) is 0 Å². The molecule has 2 aromatic rings. The van der Waals surface area contributed by atoms with E-state index in [0.717, 1.165) is 63.2 Å². The molecule has 0 spiro atoms. The van der Waals surface area contributed by atoms with Crippen molar-refractivity contribution in [3.63, 3.8) is 0 Å². The number of nitrogens with one attached hydrogen (secondary N) is 2. The minimum Gasteiger partial charge on any atom is -0.376 e. The Morgan fingerprint density at radius 2 is 1.97 bits per heavy atom.